The predicted molar refractivity (Wildman–Crippen MR) is 81.6 cm³/mol. The molecule has 1 aliphatic rings. The van der Waals surface area contributed by atoms with Crippen molar-refractivity contribution < 1.29 is 13.2 Å². The smallest absolute Gasteiger partial charge is 0.258 e. The summed E-state index contributed by atoms with van der Waals surface area (Å²) in [5, 5.41) is 0.471. The zero-order valence-electron chi connectivity index (χ0n) is 11.0. The Hall–Kier alpha value is -1.85. The molecule has 0 spiro atoms. The number of nitrogens with zero attached hydrogens (tertiary/aromatic N) is 1. The van der Waals surface area contributed by atoms with Gasteiger partial charge in [-0.25, -0.2) is 8.42 Å². The Morgan fingerprint density at radius 1 is 1.10 bits per heavy atom. The van der Waals surface area contributed by atoms with Crippen LogP contribution in [0.25, 0.3) is 0 Å². The fraction of sp³-hybridized carbons (Fsp3) is 0.133. The maximum atomic E-state index is 12.6. The third-order valence-corrected chi connectivity index (χ3v) is 5.36. The number of carbonyl (C=O) groups is 1. The first-order chi connectivity index (χ1) is 9.99. The van der Waals surface area contributed by atoms with Gasteiger partial charge in [-0.3, -0.25) is 4.79 Å². The molecule has 108 valence electrons. The van der Waals surface area contributed by atoms with Crippen LogP contribution in [0, 0.1) is 0 Å². The third-order valence-electron chi connectivity index (χ3n) is 3.39. The first-order valence-corrected chi connectivity index (χ1v) is 8.41. The van der Waals surface area contributed by atoms with Crippen molar-refractivity contribution in [3.63, 3.8) is 0 Å². The van der Waals surface area contributed by atoms with E-state index < -0.39 is 9.84 Å². The van der Waals surface area contributed by atoms with E-state index >= 15 is 0 Å². The topological polar surface area (TPSA) is 54.5 Å². The van der Waals surface area contributed by atoms with Crippen molar-refractivity contribution in [2.24, 2.45) is 0 Å². The number of amides is 1. The van der Waals surface area contributed by atoms with Crippen molar-refractivity contribution in [2.75, 3.05) is 17.2 Å². The van der Waals surface area contributed by atoms with Crippen LogP contribution >= 0.6 is 11.6 Å². The second-order valence-electron chi connectivity index (χ2n) is 4.75. The molecule has 0 unspecified atom stereocenters. The molecule has 3 rings (SSSR count). The van der Waals surface area contributed by atoms with Crippen LogP contribution in [0.1, 0.15) is 10.4 Å². The Bertz CT molecular complexity index is 817. The Kier molecular flexibility index (Phi) is 3.47. The largest absolute Gasteiger partial charge is 0.306 e. The average molecular weight is 322 g/mol. The van der Waals surface area contributed by atoms with E-state index in [1.165, 1.54) is 11.0 Å². The molecule has 2 aromatic carbocycles. The summed E-state index contributed by atoms with van der Waals surface area (Å²) in [6, 6.07) is 13.2. The van der Waals surface area contributed by atoms with Crippen LogP contribution < -0.4 is 4.90 Å². The zero-order valence-corrected chi connectivity index (χ0v) is 12.6. The van der Waals surface area contributed by atoms with Gasteiger partial charge >= 0.3 is 0 Å². The first-order valence-electron chi connectivity index (χ1n) is 6.38. The quantitative estimate of drug-likeness (QED) is 0.811. The van der Waals surface area contributed by atoms with Gasteiger partial charge in [-0.15, -0.1) is 0 Å². The lowest BCUT2D eigenvalue weighted by Gasteiger charge is -2.29. The maximum absolute atomic E-state index is 12.6. The van der Waals surface area contributed by atoms with Gasteiger partial charge in [0.25, 0.3) is 5.91 Å². The van der Waals surface area contributed by atoms with Gasteiger partial charge < -0.3 is 4.90 Å². The molecule has 0 saturated heterocycles. The van der Waals surface area contributed by atoms with Crippen LogP contribution in [0.4, 0.5) is 5.69 Å². The molecule has 2 aromatic rings. The Labute approximate surface area is 127 Å². The van der Waals surface area contributed by atoms with Crippen molar-refractivity contribution in [2.45, 2.75) is 4.90 Å². The van der Waals surface area contributed by atoms with Crippen molar-refractivity contribution in [1.29, 1.82) is 0 Å². The molecule has 1 aliphatic heterocycles. The number of rotatable bonds is 1. The molecule has 4 nitrogen and oxygen atoms in total. The van der Waals surface area contributed by atoms with Gasteiger partial charge in [-0.05, 0) is 30.3 Å². The number of hydrogen-bond acceptors (Lipinski definition) is 3. The number of para-hydroxylation sites is 1. The fourth-order valence-electron chi connectivity index (χ4n) is 2.37. The van der Waals surface area contributed by atoms with Crippen LogP contribution in [0.3, 0.4) is 0 Å². The maximum Gasteiger partial charge on any atom is 0.258 e. The van der Waals surface area contributed by atoms with Crippen LogP contribution in [-0.2, 0) is 9.84 Å². The molecule has 0 saturated carbocycles. The van der Waals surface area contributed by atoms with Gasteiger partial charge in [0.1, 0.15) is 0 Å². The molecule has 0 aliphatic carbocycles. The minimum atomic E-state index is -3.32. The van der Waals surface area contributed by atoms with Gasteiger partial charge in [0.2, 0.25) is 0 Å². The Morgan fingerprint density at radius 3 is 2.62 bits per heavy atom. The summed E-state index contributed by atoms with van der Waals surface area (Å²) in [5.41, 5.74) is 0.866. The number of hydrogen-bond donors (Lipinski definition) is 0. The standard InChI is InChI=1S/C15H12ClNO3S/c16-12-5-3-4-11(10-12)15(18)17-8-9-21(19,20)14-7-2-1-6-13(14)17/h1-7,10H,8-9H2. The van der Waals surface area contributed by atoms with E-state index in [1.54, 1.807) is 42.5 Å². The molecular weight excluding hydrogens is 310 g/mol. The molecule has 0 radical (unpaired) electrons. The molecular formula is C15H12ClNO3S. The lowest BCUT2D eigenvalue weighted by Crippen LogP contribution is -2.39. The fourth-order valence-corrected chi connectivity index (χ4v) is 3.99. The normalized spacial score (nSPS) is 16.3. The average Bonchev–Trinajstić information content (AvgIpc) is 2.47. The molecule has 0 aromatic heterocycles. The predicted octanol–water partition coefficient (Wildman–Crippen LogP) is 2.77. The minimum Gasteiger partial charge on any atom is -0.306 e. The zero-order chi connectivity index (χ0) is 15.0. The molecule has 0 N–H and O–H groups in total. The van der Waals surface area contributed by atoms with Crippen LogP contribution in [-0.4, -0.2) is 26.6 Å². The SMILES string of the molecule is O=C(c1cccc(Cl)c1)N1CCS(=O)(=O)c2ccccc21. The number of fused-ring (bicyclic) bond motifs is 1. The summed E-state index contributed by atoms with van der Waals surface area (Å²) in [6.45, 7) is 0.144. The Morgan fingerprint density at radius 2 is 1.86 bits per heavy atom. The van der Waals surface area contributed by atoms with E-state index in [4.69, 9.17) is 11.6 Å². The van der Waals surface area contributed by atoms with Crippen molar-refractivity contribution in [3.8, 4) is 0 Å². The lowest BCUT2D eigenvalue weighted by molar-refractivity contribution is 0.0987. The van der Waals surface area contributed by atoms with E-state index in [-0.39, 0.29) is 23.1 Å². The summed E-state index contributed by atoms with van der Waals surface area (Å²) in [4.78, 5) is 14.3. The molecule has 6 heteroatoms. The second kappa shape index (κ2) is 5.16. The van der Waals surface area contributed by atoms with E-state index in [0.29, 0.717) is 16.3 Å². The van der Waals surface area contributed by atoms with Crippen LogP contribution in [0.5, 0.6) is 0 Å². The van der Waals surface area contributed by atoms with Gasteiger partial charge in [-0.1, -0.05) is 29.8 Å². The highest BCUT2D eigenvalue weighted by Crippen LogP contribution is 2.31. The van der Waals surface area contributed by atoms with E-state index in [9.17, 15) is 13.2 Å². The van der Waals surface area contributed by atoms with Crippen molar-refractivity contribution in [3.05, 3.63) is 59.1 Å². The summed E-state index contributed by atoms with van der Waals surface area (Å²) in [6.07, 6.45) is 0. The molecule has 0 fully saturated rings. The second-order valence-corrected chi connectivity index (χ2v) is 7.27. The van der Waals surface area contributed by atoms with Crippen LogP contribution in [0.15, 0.2) is 53.4 Å². The highest BCUT2D eigenvalue weighted by atomic mass is 35.5. The monoisotopic (exact) mass is 321 g/mol. The molecule has 1 heterocycles. The number of halogens is 1. The summed E-state index contributed by atoms with van der Waals surface area (Å²) >= 11 is 5.91. The number of sulfone groups is 1. The first kappa shape index (κ1) is 14.1. The molecule has 21 heavy (non-hydrogen) atoms. The molecule has 1 amide bonds. The van der Waals surface area contributed by atoms with E-state index in [1.807, 2.05) is 0 Å². The molecule has 0 atom stereocenters. The number of anilines is 1. The van der Waals surface area contributed by atoms with E-state index in [0.717, 1.165) is 0 Å². The van der Waals surface area contributed by atoms with Gasteiger partial charge in [0, 0.05) is 17.1 Å². The highest BCUT2D eigenvalue weighted by molar-refractivity contribution is 7.91. The summed E-state index contributed by atoms with van der Waals surface area (Å²) in [5.74, 6) is -0.323. The van der Waals surface area contributed by atoms with Crippen LogP contribution in [0.2, 0.25) is 5.02 Å². The summed E-state index contributed by atoms with van der Waals surface area (Å²) in [7, 11) is -3.32. The number of benzene rings is 2. The third kappa shape index (κ3) is 2.54. The van der Waals surface area contributed by atoms with Gasteiger partial charge in [0.05, 0.1) is 16.3 Å². The van der Waals surface area contributed by atoms with Crippen molar-refractivity contribution >= 4 is 33.0 Å². The highest BCUT2D eigenvalue weighted by Gasteiger charge is 2.31. The molecule has 0 bridgehead atoms. The van der Waals surface area contributed by atoms with E-state index in [2.05, 4.69) is 0 Å². The minimum absolute atomic E-state index is 0.0731. The van der Waals surface area contributed by atoms with Crippen molar-refractivity contribution in [1.82, 2.24) is 0 Å². The Balaban J connectivity index is 2.07. The number of carbonyl (C=O) groups excluding carboxylic acids is 1. The summed E-state index contributed by atoms with van der Waals surface area (Å²) < 4.78 is 24.1. The lowest BCUT2D eigenvalue weighted by atomic mass is 10.1. The van der Waals surface area contributed by atoms with Gasteiger partial charge in [-0.2, -0.15) is 0 Å². The van der Waals surface area contributed by atoms with Gasteiger partial charge in [0.15, 0.2) is 9.84 Å².